The van der Waals surface area contributed by atoms with Gasteiger partial charge in [-0.25, -0.2) is 14.4 Å². The van der Waals surface area contributed by atoms with Crippen molar-refractivity contribution in [3.63, 3.8) is 0 Å². The second-order valence-corrected chi connectivity index (χ2v) is 12.6. The second-order valence-electron chi connectivity index (χ2n) is 11.0. The molecule has 1 fully saturated rings. The largest absolute Gasteiger partial charge is 0.469 e. The predicted molar refractivity (Wildman–Crippen MR) is 170 cm³/mol. The molecule has 0 saturated heterocycles. The molecule has 0 bridgehead atoms. The Morgan fingerprint density at radius 1 is 1.00 bits per heavy atom. The first-order valence-electron chi connectivity index (χ1n) is 14.5. The van der Waals surface area contributed by atoms with Gasteiger partial charge in [-0.2, -0.15) is 0 Å². The number of hydrogen-bond donors (Lipinski definition) is 3. The summed E-state index contributed by atoms with van der Waals surface area (Å²) < 4.78 is 29.1. The molecule has 13 heteroatoms. The molecular weight excluding hydrogens is 641 g/mol. The number of rotatable bonds is 10. The highest BCUT2D eigenvalue weighted by molar-refractivity contribution is 7.77. The van der Waals surface area contributed by atoms with Gasteiger partial charge in [0.1, 0.15) is 0 Å². The molecule has 1 unspecified atom stereocenters. The van der Waals surface area contributed by atoms with E-state index in [-0.39, 0.29) is 29.9 Å². The van der Waals surface area contributed by atoms with Gasteiger partial charge in [0, 0.05) is 27.7 Å². The lowest BCUT2D eigenvalue weighted by atomic mass is 9.76. The number of amides is 2. The molecule has 3 aromatic rings. The zero-order valence-corrected chi connectivity index (χ0v) is 26.7. The number of nitrogens with one attached hydrogen (secondary N) is 2. The summed E-state index contributed by atoms with van der Waals surface area (Å²) in [7, 11) is 1.33. The van der Waals surface area contributed by atoms with Crippen molar-refractivity contribution < 1.29 is 32.7 Å². The summed E-state index contributed by atoms with van der Waals surface area (Å²) in [6, 6.07) is 17.1. The van der Waals surface area contributed by atoms with Crippen molar-refractivity contribution in [2.75, 3.05) is 7.11 Å². The number of fused-ring (bicyclic) bond motifs is 1. The van der Waals surface area contributed by atoms with Gasteiger partial charge in [0.15, 0.2) is 0 Å². The van der Waals surface area contributed by atoms with Crippen LogP contribution in [-0.2, 0) is 43.5 Å². The van der Waals surface area contributed by atoms with Crippen molar-refractivity contribution in [3.05, 3.63) is 105 Å². The Morgan fingerprint density at radius 3 is 2.51 bits per heavy atom. The molecule has 1 heterocycles. The topological polar surface area (TPSA) is 134 Å². The van der Waals surface area contributed by atoms with Crippen molar-refractivity contribution in [1.29, 1.82) is 0 Å². The number of hydroxylamine groups is 1. The molecule has 45 heavy (non-hydrogen) atoms. The van der Waals surface area contributed by atoms with E-state index in [1.165, 1.54) is 7.11 Å². The van der Waals surface area contributed by atoms with Gasteiger partial charge < -0.3 is 9.64 Å². The van der Waals surface area contributed by atoms with Crippen LogP contribution in [0.1, 0.15) is 70.3 Å². The van der Waals surface area contributed by atoms with E-state index in [1.807, 2.05) is 0 Å². The smallest absolute Gasteiger partial charge is 0.309 e. The molecule has 5 rings (SSSR count). The van der Waals surface area contributed by atoms with E-state index >= 15 is 0 Å². The third-order valence-electron chi connectivity index (χ3n) is 8.26. The second kappa shape index (κ2) is 14.8. The lowest BCUT2D eigenvalue weighted by Gasteiger charge is -2.49. The van der Waals surface area contributed by atoms with E-state index in [0.29, 0.717) is 34.6 Å². The van der Waals surface area contributed by atoms with E-state index in [1.54, 1.807) is 71.6 Å². The number of ether oxygens (including phenoxy) is 1. The molecule has 2 aliphatic rings. The highest BCUT2D eigenvalue weighted by Gasteiger charge is 2.49. The van der Waals surface area contributed by atoms with Crippen molar-refractivity contribution in [2.24, 2.45) is 0 Å². The Balaban J connectivity index is 1.51. The van der Waals surface area contributed by atoms with Crippen molar-refractivity contribution in [3.8, 4) is 0 Å². The first-order chi connectivity index (χ1) is 21.7. The molecule has 0 spiro atoms. The zero-order valence-electron chi connectivity index (χ0n) is 24.4. The molecule has 0 aromatic heterocycles. The minimum Gasteiger partial charge on any atom is -0.469 e. The van der Waals surface area contributed by atoms with Crippen molar-refractivity contribution in [1.82, 2.24) is 15.1 Å². The highest BCUT2D eigenvalue weighted by Crippen LogP contribution is 2.47. The van der Waals surface area contributed by atoms with Gasteiger partial charge in [0.05, 0.1) is 32.1 Å². The number of carbonyl (C=O) groups excluding carboxylic acids is 3. The molecule has 5 atom stereocenters. The Hall–Kier alpha value is -3.32. The van der Waals surface area contributed by atoms with Crippen molar-refractivity contribution >= 4 is 52.3 Å². The standard InChI is InChI=1S/C32H33Cl2N3O7S/c1-43-28(38)16-19-7-6-8-20(15-19)18-44-35-31(39)29-22-9-2-3-10-23(22)32(40)37(27-12-5-4-11-26(27)36-45(41)42)30(29)24-14-13-21(33)17-25(24)34/h2-3,6-10,13-15,17,26-27,29-30,36H,4-5,11-12,16,18H2,1H3,(H,35,39)(H,41,42)/t26-,27-,29+,30-/m0/s1. The SMILES string of the molecule is COC(=O)Cc1cccc(CONC(=O)[C@@H]2c3ccccc3C(=O)N([C@H]3CCCC[C@@H]3NS(=O)O)[C@H]2c2ccc(Cl)cc2Cl)c1. The predicted octanol–water partition coefficient (Wildman–Crippen LogP) is 5.28. The van der Waals surface area contributed by atoms with Crippen LogP contribution in [0.5, 0.6) is 0 Å². The quantitative estimate of drug-likeness (QED) is 0.152. The summed E-state index contributed by atoms with van der Waals surface area (Å²) >= 11 is 10.7. The number of methoxy groups -OCH3 is 1. The van der Waals surface area contributed by atoms with Gasteiger partial charge in [-0.3, -0.25) is 23.8 Å². The fourth-order valence-corrected chi connectivity index (χ4v) is 7.36. The van der Waals surface area contributed by atoms with Crippen molar-refractivity contribution in [2.45, 2.75) is 62.8 Å². The lowest BCUT2D eigenvalue weighted by molar-refractivity contribution is -0.140. The van der Waals surface area contributed by atoms with Gasteiger partial charge >= 0.3 is 5.97 Å². The van der Waals surface area contributed by atoms with Gasteiger partial charge in [-0.1, -0.05) is 84.6 Å². The van der Waals surface area contributed by atoms with Crippen LogP contribution in [-0.4, -0.2) is 50.6 Å². The summed E-state index contributed by atoms with van der Waals surface area (Å²) in [5.41, 5.74) is 5.41. The Bertz CT molecular complexity index is 1610. The Kier molecular flexibility index (Phi) is 10.9. The fraction of sp³-hybridized carbons (Fsp3) is 0.344. The molecule has 10 nitrogen and oxygen atoms in total. The van der Waals surface area contributed by atoms with Crippen LogP contribution in [0, 0.1) is 0 Å². The number of nitrogens with zero attached hydrogens (tertiary/aromatic N) is 1. The maximum Gasteiger partial charge on any atom is 0.309 e. The minimum atomic E-state index is -2.31. The monoisotopic (exact) mass is 673 g/mol. The van der Waals surface area contributed by atoms with E-state index in [0.717, 1.165) is 24.0 Å². The number of carbonyl (C=O) groups is 3. The summed E-state index contributed by atoms with van der Waals surface area (Å²) in [4.78, 5) is 47.5. The molecule has 3 N–H and O–H groups in total. The van der Waals surface area contributed by atoms with Crippen LogP contribution in [0.15, 0.2) is 66.7 Å². The molecule has 1 aliphatic heterocycles. The number of esters is 1. The van der Waals surface area contributed by atoms with Gasteiger partial charge in [-0.05, 0) is 53.3 Å². The van der Waals surface area contributed by atoms with Gasteiger partial charge in [-0.15, -0.1) is 0 Å². The van der Waals surface area contributed by atoms with Gasteiger partial charge in [0.2, 0.25) is 11.3 Å². The lowest BCUT2D eigenvalue weighted by Crippen LogP contribution is -2.58. The van der Waals surface area contributed by atoms with Crippen LogP contribution < -0.4 is 10.2 Å². The number of benzene rings is 3. The van der Waals surface area contributed by atoms with E-state index in [9.17, 15) is 23.1 Å². The third kappa shape index (κ3) is 7.57. The zero-order chi connectivity index (χ0) is 32.1. The van der Waals surface area contributed by atoms with Gasteiger partial charge in [0.25, 0.3) is 11.8 Å². The van der Waals surface area contributed by atoms with Crippen LogP contribution in [0.3, 0.4) is 0 Å². The molecule has 3 aromatic carbocycles. The average molecular weight is 675 g/mol. The first kappa shape index (κ1) is 33.1. The first-order valence-corrected chi connectivity index (χ1v) is 16.3. The Labute approximate surface area is 273 Å². The van der Waals surface area contributed by atoms with E-state index in [2.05, 4.69) is 10.2 Å². The summed E-state index contributed by atoms with van der Waals surface area (Å²) in [6.45, 7) is 0.0149. The third-order valence-corrected chi connectivity index (χ3v) is 9.32. The summed E-state index contributed by atoms with van der Waals surface area (Å²) in [6.07, 6.45) is 2.83. The maximum absolute atomic E-state index is 14.3. The fourth-order valence-electron chi connectivity index (χ4n) is 6.30. The van der Waals surface area contributed by atoms with Crippen LogP contribution >= 0.6 is 23.2 Å². The molecule has 1 aliphatic carbocycles. The molecule has 0 radical (unpaired) electrons. The highest BCUT2D eigenvalue weighted by atomic mass is 35.5. The molecule has 2 amide bonds. The average Bonchev–Trinajstić information content (AvgIpc) is 3.01. The van der Waals surface area contributed by atoms with Crippen LogP contribution in [0.25, 0.3) is 0 Å². The molecular formula is C32H33Cl2N3O7S. The summed E-state index contributed by atoms with van der Waals surface area (Å²) in [5.74, 6) is -2.14. The maximum atomic E-state index is 14.3. The molecule has 238 valence electrons. The molecule has 1 saturated carbocycles. The Morgan fingerprint density at radius 2 is 1.76 bits per heavy atom. The van der Waals surface area contributed by atoms with Crippen LogP contribution in [0.2, 0.25) is 10.0 Å². The number of hydrogen-bond acceptors (Lipinski definition) is 6. The summed E-state index contributed by atoms with van der Waals surface area (Å²) in [5, 5.41) is 0.668. The van der Waals surface area contributed by atoms with E-state index in [4.69, 9.17) is 32.8 Å². The van der Waals surface area contributed by atoms with Crippen LogP contribution in [0.4, 0.5) is 0 Å². The number of halogens is 2. The van der Waals surface area contributed by atoms with E-state index < -0.39 is 41.2 Å². The normalized spacial score (nSPS) is 22.0. The minimum absolute atomic E-state index is 0.0149.